The van der Waals surface area contributed by atoms with E-state index >= 15 is 0 Å². The van der Waals surface area contributed by atoms with Crippen molar-refractivity contribution in [3.8, 4) is 5.75 Å². The van der Waals surface area contributed by atoms with Crippen LogP contribution in [-0.4, -0.2) is 22.7 Å². The highest BCUT2D eigenvalue weighted by Gasteiger charge is 2.17. The molecule has 5 nitrogen and oxygen atoms in total. The van der Waals surface area contributed by atoms with Crippen molar-refractivity contribution in [2.75, 3.05) is 6.61 Å². The molecule has 1 amide bonds. The number of carbonyl (C=O) groups is 1. The smallest absolute Gasteiger partial charge is 0.220 e. The van der Waals surface area contributed by atoms with Gasteiger partial charge in [-0.05, 0) is 43.7 Å². The highest BCUT2D eigenvalue weighted by atomic mass is 16.5. The number of aryl methyl sites for hydroxylation is 2. The molecule has 0 unspecified atom stereocenters. The summed E-state index contributed by atoms with van der Waals surface area (Å²) in [5.74, 6) is 0.906. The van der Waals surface area contributed by atoms with Gasteiger partial charge in [0.15, 0.2) is 0 Å². The minimum Gasteiger partial charge on any atom is -0.493 e. The molecule has 2 N–H and O–H groups in total. The number of hydrogen-bond acceptors (Lipinski definition) is 3. The average molecular weight is 341 g/mol. The lowest BCUT2D eigenvalue weighted by Gasteiger charge is -2.12. The number of aromatic amines is 1. The predicted octanol–water partition coefficient (Wildman–Crippen LogP) is 3.33. The lowest BCUT2D eigenvalue weighted by Crippen LogP contribution is -2.23. The second-order valence-electron chi connectivity index (χ2n) is 6.57. The van der Waals surface area contributed by atoms with E-state index in [0.717, 1.165) is 36.3 Å². The Bertz CT molecular complexity index is 709. The molecule has 134 valence electrons. The van der Waals surface area contributed by atoms with Crippen molar-refractivity contribution in [1.82, 2.24) is 15.5 Å². The molecule has 5 heteroatoms. The van der Waals surface area contributed by atoms with Gasteiger partial charge in [0.05, 0.1) is 12.3 Å². The Morgan fingerprint density at radius 2 is 2.12 bits per heavy atom. The SMILES string of the molecule is CCCOc1ccccc1CNC(=O)CCc1n[nH]c2c1CCCC2. The number of rotatable bonds is 8. The second-order valence-corrected chi connectivity index (χ2v) is 6.57. The summed E-state index contributed by atoms with van der Waals surface area (Å²) in [6, 6.07) is 7.87. The van der Waals surface area contributed by atoms with Crippen LogP contribution >= 0.6 is 0 Å². The van der Waals surface area contributed by atoms with Crippen LogP contribution in [0.25, 0.3) is 0 Å². The number of nitrogens with zero attached hydrogens (tertiary/aromatic N) is 1. The average Bonchev–Trinajstić information content (AvgIpc) is 3.07. The van der Waals surface area contributed by atoms with Crippen LogP contribution in [0.3, 0.4) is 0 Å². The summed E-state index contributed by atoms with van der Waals surface area (Å²) >= 11 is 0. The van der Waals surface area contributed by atoms with Crippen LogP contribution in [0.1, 0.15) is 55.1 Å². The molecule has 1 aliphatic rings. The highest BCUT2D eigenvalue weighted by molar-refractivity contribution is 5.76. The van der Waals surface area contributed by atoms with Gasteiger partial charge in [-0.3, -0.25) is 9.89 Å². The maximum atomic E-state index is 12.2. The normalized spacial score (nSPS) is 13.3. The lowest BCUT2D eigenvalue weighted by molar-refractivity contribution is -0.121. The van der Waals surface area contributed by atoms with Crippen molar-refractivity contribution in [1.29, 1.82) is 0 Å². The molecule has 1 heterocycles. The fourth-order valence-electron chi connectivity index (χ4n) is 3.27. The topological polar surface area (TPSA) is 67.0 Å². The first-order chi connectivity index (χ1) is 12.3. The van der Waals surface area contributed by atoms with Crippen LogP contribution in [0.5, 0.6) is 5.75 Å². The Hall–Kier alpha value is -2.30. The van der Waals surface area contributed by atoms with E-state index in [-0.39, 0.29) is 5.91 Å². The summed E-state index contributed by atoms with van der Waals surface area (Å²) in [5.41, 5.74) is 4.69. The van der Waals surface area contributed by atoms with Crippen molar-refractivity contribution in [2.45, 2.75) is 58.4 Å². The van der Waals surface area contributed by atoms with Gasteiger partial charge in [0, 0.05) is 30.6 Å². The fraction of sp³-hybridized carbons (Fsp3) is 0.500. The number of ether oxygens (including phenoxy) is 1. The minimum absolute atomic E-state index is 0.0536. The number of amides is 1. The number of aromatic nitrogens is 2. The monoisotopic (exact) mass is 341 g/mol. The van der Waals surface area contributed by atoms with Crippen LogP contribution in [0, 0.1) is 0 Å². The number of para-hydroxylation sites is 1. The van der Waals surface area contributed by atoms with Gasteiger partial charge in [-0.1, -0.05) is 25.1 Å². The third-order valence-electron chi connectivity index (χ3n) is 4.64. The molecule has 2 aromatic rings. The molecule has 0 fully saturated rings. The van der Waals surface area contributed by atoms with E-state index in [1.807, 2.05) is 24.3 Å². The molecular formula is C20H27N3O2. The van der Waals surface area contributed by atoms with E-state index in [0.29, 0.717) is 26.0 Å². The fourth-order valence-corrected chi connectivity index (χ4v) is 3.27. The molecule has 0 bridgehead atoms. The third-order valence-corrected chi connectivity index (χ3v) is 4.64. The zero-order chi connectivity index (χ0) is 17.5. The molecule has 0 aliphatic heterocycles. The van der Waals surface area contributed by atoms with E-state index in [1.165, 1.54) is 24.1 Å². The van der Waals surface area contributed by atoms with Gasteiger partial charge >= 0.3 is 0 Å². The summed E-state index contributed by atoms with van der Waals surface area (Å²) in [6.07, 6.45) is 6.76. The Kier molecular flexibility index (Phi) is 6.09. The van der Waals surface area contributed by atoms with Crippen LogP contribution in [-0.2, 0) is 30.6 Å². The minimum atomic E-state index is 0.0536. The van der Waals surface area contributed by atoms with E-state index < -0.39 is 0 Å². The predicted molar refractivity (Wildman–Crippen MR) is 97.6 cm³/mol. The summed E-state index contributed by atoms with van der Waals surface area (Å²) in [5, 5.41) is 10.5. The molecule has 0 saturated heterocycles. The number of nitrogens with one attached hydrogen (secondary N) is 2. The lowest BCUT2D eigenvalue weighted by atomic mass is 9.94. The Labute approximate surface area is 149 Å². The molecular weight excluding hydrogens is 314 g/mol. The molecule has 0 saturated carbocycles. The van der Waals surface area contributed by atoms with Gasteiger partial charge in [0.1, 0.15) is 5.75 Å². The largest absolute Gasteiger partial charge is 0.493 e. The summed E-state index contributed by atoms with van der Waals surface area (Å²) in [4.78, 5) is 12.2. The van der Waals surface area contributed by atoms with Gasteiger partial charge in [-0.25, -0.2) is 0 Å². The van der Waals surface area contributed by atoms with Gasteiger partial charge < -0.3 is 10.1 Å². The third kappa shape index (κ3) is 4.62. The van der Waals surface area contributed by atoms with Crippen LogP contribution in [0.15, 0.2) is 24.3 Å². The Morgan fingerprint density at radius 3 is 3.00 bits per heavy atom. The first-order valence-corrected chi connectivity index (χ1v) is 9.30. The van der Waals surface area contributed by atoms with Crippen molar-refractivity contribution in [3.05, 3.63) is 46.8 Å². The van der Waals surface area contributed by atoms with E-state index in [1.54, 1.807) is 0 Å². The molecule has 0 spiro atoms. The van der Waals surface area contributed by atoms with Crippen molar-refractivity contribution in [2.24, 2.45) is 0 Å². The van der Waals surface area contributed by atoms with Crippen molar-refractivity contribution < 1.29 is 9.53 Å². The van der Waals surface area contributed by atoms with E-state index in [9.17, 15) is 4.79 Å². The van der Waals surface area contributed by atoms with E-state index in [2.05, 4.69) is 22.4 Å². The first kappa shape index (κ1) is 17.5. The standard InChI is InChI=1S/C20H27N3O2/c1-2-13-25-19-10-6-3-7-15(19)14-21-20(24)12-11-18-16-8-4-5-9-17(16)22-23-18/h3,6-7,10H,2,4-5,8-9,11-14H2,1H3,(H,21,24)(H,22,23). The van der Waals surface area contributed by atoms with Gasteiger partial charge in [0.2, 0.25) is 5.91 Å². The van der Waals surface area contributed by atoms with Crippen molar-refractivity contribution in [3.63, 3.8) is 0 Å². The Balaban J connectivity index is 1.49. The maximum Gasteiger partial charge on any atom is 0.220 e. The zero-order valence-corrected chi connectivity index (χ0v) is 14.9. The quantitative estimate of drug-likeness (QED) is 0.774. The number of carbonyl (C=O) groups excluding carboxylic acids is 1. The summed E-state index contributed by atoms with van der Waals surface area (Å²) < 4.78 is 5.73. The zero-order valence-electron chi connectivity index (χ0n) is 14.9. The van der Waals surface area contributed by atoms with Gasteiger partial charge in [-0.2, -0.15) is 5.10 Å². The number of hydrogen-bond donors (Lipinski definition) is 2. The van der Waals surface area contributed by atoms with Crippen LogP contribution in [0.2, 0.25) is 0 Å². The van der Waals surface area contributed by atoms with Gasteiger partial charge in [-0.15, -0.1) is 0 Å². The second kappa shape index (κ2) is 8.70. The molecule has 1 aromatic carbocycles. The maximum absolute atomic E-state index is 12.2. The van der Waals surface area contributed by atoms with Gasteiger partial charge in [0.25, 0.3) is 0 Å². The van der Waals surface area contributed by atoms with Crippen LogP contribution < -0.4 is 10.1 Å². The molecule has 1 aliphatic carbocycles. The number of fused-ring (bicyclic) bond motifs is 1. The highest BCUT2D eigenvalue weighted by Crippen LogP contribution is 2.23. The summed E-state index contributed by atoms with van der Waals surface area (Å²) in [7, 11) is 0. The Morgan fingerprint density at radius 1 is 1.28 bits per heavy atom. The van der Waals surface area contributed by atoms with Crippen molar-refractivity contribution >= 4 is 5.91 Å². The van der Waals surface area contributed by atoms with E-state index in [4.69, 9.17) is 4.74 Å². The molecule has 0 radical (unpaired) electrons. The number of benzene rings is 1. The summed E-state index contributed by atoms with van der Waals surface area (Å²) in [6.45, 7) is 3.27. The molecule has 1 aromatic heterocycles. The van der Waals surface area contributed by atoms with Crippen LogP contribution in [0.4, 0.5) is 0 Å². The molecule has 0 atom stereocenters. The number of H-pyrrole nitrogens is 1. The molecule has 25 heavy (non-hydrogen) atoms. The first-order valence-electron chi connectivity index (χ1n) is 9.30. The molecule has 3 rings (SSSR count).